The second-order valence-electron chi connectivity index (χ2n) is 4.43. The molecular formula is C14H19BF3O. The molecule has 0 fully saturated rings. The Morgan fingerprint density at radius 1 is 1.16 bits per heavy atom. The average Bonchev–Trinajstić information content (AvgIpc) is 2.36. The van der Waals surface area contributed by atoms with Crippen LogP contribution in [0.4, 0.5) is 13.2 Å². The quantitative estimate of drug-likeness (QED) is 0.709. The molecule has 0 aliphatic carbocycles. The molecule has 0 N–H and O–H groups in total. The summed E-state index contributed by atoms with van der Waals surface area (Å²) < 4.78 is 43.3. The molecule has 5 heteroatoms. The second-order valence-corrected chi connectivity index (χ2v) is 4.43. The fraction of sp³-hybridized carbons (Fsp3) is 0.571. The van der Waals surface area contributed by atoms with Gasteiger partial charge in [-0.25, -0.2) is 0 Å². The highest BCUT2D eigenvalue weighted by Gasteiger charge is 2.31. The molecule has 0 unspecified atom stereocenters. The molecule has 19 heavy (non-hydrogen) atoms. The van der Waals surface area contributed by atoms with Crippen molar-refractivity contribution in [3.8, 4) is 5.75 Å². The third kappa shape index (κ3) is 4.48. The smallest absolute Gasteiger partial charge is 0.416 e. The zero-order valence-corrected chi connectivity index (χ0v) is 11.6. The van der Waals surface area contributed by atoms with Crippen molar-refractivity contribution in [3.05, 3.63) is 23.8 Å². The zero-order valence-electron chi connectivity index (χ0n) is 11.6. The van der Waals surface area contributed by atoms with E-state index in [1.165, 1.54) is 6.07 Å². The highest BCUT2D eigenvalue weighted by atomic mass is 19.4. The third-order valence-corrected chi connectivity index (χ3v) is 3.10. The van der Waals surface area contributed by atoms with Crippen molar-refractivity contribution in [2.24, 2.45) is 0 Å². The van der Waals surface area contributed by atoms with Gasteiger partial charge in [0.15, 0.2) is 7.28 Å². The van der Waals surface area contributed by atoms with Crippen molar-refractivity contribution in [2.75, 3.05) is 6.61 Å². The first-order chi connectivity index (χ1) is 8.92. The largest absolute Gasteiger partial charge is 0.494 e. The lowest BCUT2D eigenvalue weighted by Gasteiger charge is -2.16. The van der Waals surface area contributed by atoms with Gasteiger partial charge in [0.05, 0.1) is 12.2 Å². The number of alkyl halides is 3. The SMILES string of the molecule is CCOc1cc(C(F)(F)F)ccc1[B]C(CC)CC. The van der Waals surface area contributed by atoms with Gasteiger partial charge in [-0.15, -0.1) is 0 Å². The van der Waals surface area contributed by atoms with Crippen LogP contribution in [0.5, 0.6) is 5.75 Å². The second kappa shape index (κ2) is 6.87. The fourth-order valence-electron chi connectivity index (χ4n) is 1.91. The van der Waals surface area contributed by atoms with E-state index in [9.17, 15) is 13.2 Å². The van der Waals surface area contributed by atoms with Crippen LogP contribution in [0.25, 0.3) is 0 Å². The van der Waals surface area contributed by atoms with Crippen LogP contribution in [0.15, 0.2) is 18.2 Å². The van der Waals surface area contributed by atoms with E-state index in [4.69, 9.17) is 4.74 Å². The molecule has 1 aromatic rings. The Morgan fingerprint density at radius 3 is 2.26 bits per heavy atom. The summed E-state index contributed by atoms with van der Waals surface area (Å²) in [6, 6.07) is 3.68. The normalized spacial score (nSPS) is 11.7. The molecule has 0 amide bonds. The van der Waals surface area contributed by atoms with Crippen LogP contribution in [0, 0.1) is 0 Å². The van der Waals surface area contributed by atoms with Crippen molar-refractivity contribution in [1.82, 2.24) is 0 Å². The summed E-state index contributed by atoms with van der Waals surface area (Å²) in [5, 5.41) is 0. The molecule has 1 rings (SSSR count). The minimum atomic E-state index is -4.33. The minimum absolute atomic E-state index is 0.309. The summed E-state index contributed by atoms with van der Waals surface area (Å²) >= 11 is 0. The van der Waals surface area contributed by atoms with Crippen LogP contribution in [0.2, 0.25) is 5.82 Å². The van der Waals surface area contributed by atoms with Gasteiger partial charge in [0.1, 0.15) is 5.75 Å². The maximum atomic E-state index is 12.7. The lowest BCUT2D eigenvalue weighted by Crippen LogP contribution is -2.23. The highest BCUT2D eigenvalue weighted by molar-refractivity contribution is 6.56. The van der Waals surface area contributed by atoms with E-state index in [2.05, 4.69) is 13.8 Å². The molecule has 105 valence electrons. The first kappa shape index (κ1) is 15.9. The molecule has 0 heterocycles. The monoisotopic (exact) mass is 271 g/mol. The Balaban J connectivity index is 3.04. The predicted molar refractivity (Wildman–Crippen MR) is 72.3 cm³/mol. The fourth-order valence-corrected chi connectivity index (χ4v) is 1.91. The number of halogens is 3. The standard InChI is InChI=1S/C14H19BF3O/c1-4-11(5-2)15-12-8-7-10(14(16,17)18)9-13(12)19-6-3/h7-9,11H,4-6H2,1-3H3. The molecule has 0 saturated carbocycles. The van der Waals surface area contributed by atoms with Gasteiger partial charge in [0.25, 0.3) is 0 Å². The van der Waals surface area contributed by atoms with Crippen molar-refractivity contribution < 1.29 is 17.9 Å². The average molecular weight is 271 g/mol. The van der Waals surface area contributed by atoms with Gasteiger partial charge in [0.2, 0.25) is 0 Å². The maximum Gasteiger partial charge on any atom is 0.416 e. The minimum Gasteiger partial charge on any atom is -0.494 e. The number of hydrogen-bond donors (Lipinski definition) is 0. The van der Waals surface area contributed by atoms with Gasteiger partial charge in [-0.2, -0.15) is 13.2 Å². The molecule has 0 aliphatic rings. The van der Waals surface area contributed by atoms with E-state index in [-0.39, 0.29) is 0 Å². The summed E-state index contributed by atoms with van der Waals surface area (Å²) in [7, 11) is 1.99. The summed E-state index contributed by atoms with van der Waals surface area (Å²) in [5.74, 6) is 0.667. The number of hydrogen-bond acceptors (Lipinski definition) is 1. The van der Waals surface area contributed by atoms with E-state index >= 15 is 0 Å². The molecular weight excluding hydrogens is 252 g/mol. The summed E-state index contributed by atoms with van der Waals surface area (Å²) in [5.41, 5.74) is 0.0706. The van der Waals surface area contributed by atoms with Crippen molar-refractivity contribution in [2.45, 2.75) is 45.6 Å². The van der Waals surface area contributed by atoms with Gasteiger partial charge in [-0.05, 0) is 18.5 Å². The zero-order chi connectivity index (χ0) is 14.5. The molecule has 0 atom stereocenters. The van der Waals surface area contributed by atoms with Crippen LogP contribution in [-0.2, 0) is 6.18 Å². The van der Waals surface area contributed by atoms with E-state index in [1.807, 2.05) is 7.28 Å². The number of rotatable bonds is 6. The Bertz CT molecular complexity index is 400. The summed E-state index contributed by atoms with van der Waals surface area (Å²) in [6.45, 7) is 6.25. The van der Waals surface area contributed by atoms with E-state index in [1.54, 1.807) is 6.92 Å². The topological polar surface area (TPSA) is 9.23 Å². The van der Waals surface area contributed by atoms with Gasteiger partial charge < -0.3 is 4.74 Å². The Labute approximate surface area is 113 Å². The highest BCUT2D eigenvalue weighted by Crippen LogP contribution is 2.31. The van der Waals surface area contributed by atoms with Crippen LogP contribution >= 0.6 is 0 Å². The molecule has 1 radical (unpaired) electrons. The number of ether oxygens (including phenoxy) is 1. The molecule has 1 aromatic carbocycles. The van der Waals surface area contributed by atoms with Crippen LogP contribution in [0.3, 0.4) is 0 Å². The first-order valence-corrected chi connectivity index (χ1v) is 6.61. The molecule has 0 bridgehead atoms. The molecule has 0 saturated heterocycles. The summed E-state index contributed by atoms with van der Waals surface area (Å²) in [6.07, 6.45) is -2.41. The lowest BCUT2D eigenvalue weighted by atomic mass is 9.57. The van der Waals surface area contributed by atoms with Gasteiger partial charge in [0, 0.05) is 0 Å². The predicted octanol–water partition coefficient (Wildman–Crippen LogP) is 4.04. The van der Waals surface area contributed by atoms with E-state index in [0.29, 0.717) is 18.2 Å². The lowest BCUT2D eigenvalue weighted by molar-refractivity contribution is -0.137. The van der Waals surface area contributed by atoms with E-state index < -0.39 is 11.7 Å². The van der Waals surface area contributed by atoms with Gasteiger partial charge in [-0.1, -0.05) is 44.6 Å². The number of benzene rings is 1. The van der Waals surface area contributed by atoms with Crippen molar-refractivity contribution in [1.29, 1.82) is 0 Å². The summed E-state index contributed by atoms with van der Waals surface area (Å²) in [4.78, 5) is 0. The van der Waals surface area contributed by atoms with Crippen molar-refractivity contribution in [3.63, 3.8) is 0 Å². The Hall–Kier alpha value is -1.13. The maximum absolute atomic E-state index is 12.7. The van der Waals surface area contributed by atoms with Crippen molar-refractivity contribution >= 4 is 12.7 Å². The Morgan fingerprint density at radius 2 is 1.79 bits per heavy atom. The van der Waals surface area contributed by atoms with Gasteiger partial charge in [-0.3, -0.25) is 0 Å². The van der Waals surface area contributed by atoms with Crippen LogP contribution in [0.1, 0.15) is 39.2 Å². The molecule has 0 spiro atoms. The van der Waals surface area contributed by atoms with Crippen LogP contribution in [-0.4, -0.2) is 13.9 Å². The third-order valence-electron chi connectivity index (χ3n) is 3.10. The van der Waals surface area contributed by atoms with E-state index in [0.717, 1.165) is 30.4 Å². The molecule has 0 aliphatic heterocycles. The first-order valence-electron chi connectivity index (χ1n) is 6.61. The van der Waals surface area contributed by atoms with Crippen LogP contribution < -0.4 is 10.2 Å². The molecule has 0 aromatic heterocycles. The molecule has 1 nitrogen and oxygen atoms in total. The Kier molecular flexibility index (Phi) is 5.76. The van der Waals surface area contributed by atoms with Gasteiger partial charge >= 0.3 is 6.18 Å².